The summed E-state index contributed by atoms with van der Waals surface area (Å²) in [6.45, 7) is 0. The average molecular weight is 660 g/mol. The van der Waals surface area contributed by atoms with E-state index in [0.29, 0.717) is 17.5 Å². The predicted octanol–water partition coefficient (Wildman–Crippen LogP) is 7.96. The van der Waals surface area contributed by atoms with Gasteiger partial charge in [0, 0.05) is 27.6 Å². The second-order valence-electron chi connectivity index (χ2n) is 12.7. The first-order valence-corrected chi connectivity index (χ1v) is 19.1. The van der Waals surface area contributed by atoms with E-state index in [1.165, 1.54) is 26.3 Å². The van der Waals surface area contributed by atoms with E-state index < -0.39 is 8.07 Å². The number of nitrogens with zero attached hydrogens (tertiary/aromatic N) is 3. The topological polar surface area (TPSA) is 51.8 Å². The minimum absolute atomic E-state index is 0.640. The van der Waals surface area contributed by atoms with Crippen LogP contribution in [0.5, 0.6) is 0 Å². The van der Waals surface area contributed by atoms with Crippen molar-refractivity contribution in [2.45, 2.75) is 12.8 Å². The van der Waals surface area contributed by atoms with E-state index in [-0.39, 0.29) is 0 Å². The third-order valence-electron chi connectivity index (χ3n) is 9.78. The third kappa shape index (κ3) is 5.11. The van der Waals surface area contributed by atoms with Gasteiger partial charge in [-0.2, -0.15) is 0 Å². The zero-order chi connectivity index (χ0) is 33.3. The third-order valence-corrected chi connectivity index (χ3v) is 14.6. The molecule has 2 heterocycles. The van der Waals surface area contributed by atoms with Crippen LogP contribution < -0.4 is 20.7 Å². The van der Waals surface area contributed by atoms with Crippen molar-refractivity contribution in [2.75, 3.05) is 0 Å². The maximum absolute atomic E-state index is 6.28. The predicted molar refractivity (Wildman–Crippen MR) is 207 cm³/mol. The first kappa shape index (κ1) is 29.9. The molecule has 0 bridgehead atoms. The Balaban J connectivity index is 1.23. The Kier molecular flexibility index (Phi) is 7.60. The first-order chi connectivity index (χ1) is 24.8. The monoisotopic (exact) mass is 659 g/mol. The molecule has 50 heavy (non-hydrogen) atoms. The van der Waals surface area contributed by atoms with Gasteiger partial charge in [-0.15, -0.1) is 0 Å². The van der Waals surface area contributed by atoms with E-state index in [0.717, 1.165) is 46.3 Å². The molecule has 0 atom stereocenters. The Morgan fingerprint density at radius 2 is 0.960 bits per heavy atom. The normalized spacial score (nSPS) is 12.6. The molecule has 5 heteroatoms. The van der Waals surface area contributed by atoms with Gasteiger partial charge < -0.3 is 4.42 Å². The van der Waals surface area contributed by atoms with Gasteiger partial charge in [0.05, 0.1) is 0 Å². The summed E-state index contributed by atoms with van der Waals surface area (Å²) in [5.41, 5.74) is 4.92. The zero-order valence-corrected chi connectivity index (χ0v) is 28.4. The van der Waals surface area contributed by atoms with Crippen molar-refractivity contribution in [1.29, 1.82) is 0 Å². The number of aryl methyl sites for hydroxylation is 1. The van der Waals surface area contributed by atoms with Gasteiger partial charge >= 0.3 is 0 Å². The van der Waals surface area contributed by atoms with E-state index in [1.807, 2.05) is 30.3 Å². The molecule has 1 aliphatic carbocycles. The molecule has 4 nitrogen and oxygen atoms in total. The summed E-state index contributed by atoms with van der Waals surface area (Å²) in [4.78, 5) is 15.3. The fourth-order valence-electron chi connectivity index (χ4n) is 7.49. The molecule has 1 aliphatic rings. The summed E-state index contributed by atoms with van der Waals surface area (Å²) in [6.07, 6.45) is 6.17. The van der Waals surface area contributed by atoms with Crippen molar-refractivity contribution in [1.82, 2.24) is 15.0 Å². The molecule has 238 valence electrons. The van der Waals surface area contributed by atoms with Gasteiger partial charge in [0.1, 0.15) is 11.3 Å². The molecule has 0 amide bonds. The van der Waals surface area contributed by atoms with Crippen LogP contribution in [0, 0.1) is 0 Å². The maximum atomic E-state index is 6.28. The van der Waals surface area contributed by atoms with Crippen LogP contribution in [-0.2, 0) is 6.42 Å². The van der Waals surface area contributed by atoms with Crippen LogP contribution in [-0.4, -0.2) is 23.0 Å². The highest BCUT2D eigenvalue weighted by Gasteiger charge is 2.41. The van der Waals surface area contributed by atoms with E-state index in [9.17, 15) is 0 Å². The number of aromatic nitrogens is 3. The van der Waals surface area contributed by atoms with Gasteiger partial charge in [0.25, 0.3) is 0 Å². The van der Waals surface area contributed by atoms with Crippen LogP contribution in [0.15, 0.2) is 174 Å². The number of allylic oxidation sites excluding steroid dienone is 1. The van der Waals surface area contributed by atoms with Crippen molar-refractivity contribution in [3.63, 3.8) is 0 Å². The maximum Gasteiger partial charge on any atom is 0.179 e. The summed E-state index contributed by atoms with van der Waals surface area (Å²) in [7, 11) is -2.66. The van der Waals surface area contributed by atoms with Gasteiger partial charge in [-0.25, -0.2) is 15.0 Å². The number of furan rings is 1. The molecule has 8 aromatic rings. The van der Waals surface area contributed by atoms with Crippen molar-refractivity contribution in [3.8, 4) is 34.2 Å². The summed E-state index contributed by atoms with van der Waals surface area (Å²) < 4.78 is 6.28. The Morgan fingerprint density at radius 1 is 0.460 bits per heavy atom. The minimum Gasteiger partial charge on any atom is -0.456 e. The van der Waals surface area contributed by atoms with Crippen molar-refractivity contribution in [3.05, 3.63) is 181 Å². The average Bonchev–Trinajstić information content (AvgIpc) is 3.59. The largest absolute Gasteiger partial charge is 0.456 e. The number of fused-ring (bicyclic) bond motifs is 3. The van der Waals surface area contributed by atoms with Crippen molar-refractivity contribution < 1.29 is 4.42 Å². The lowest BCUT2D eigenvalue weighted by Crippen LogP contribution is -2.74. The standard InChI is InChI=1S/C45H33N3OSi/c1-5-16-32(17-6-1)43-46-44(48-45(47-43)39-25-15-27-41-42(39)38-24-13-14-26-40(38)49-41)33-28-30-37(31-29-33)50(34-18-7-2-8-19-34,35-20-9-3-10-21-35)36-22-11-4-12-23-36/h1-12,14-23,25-31H,13,24H2. The van der Waals surface area contributed by atoms with E-state index in [2.05, 4.69) is 146 Å². The smallest absolute Gasteiger partial charge is 0.179 e. The lowest BCUT2D eigenvalue weighted by atomic mass is 9.97. The van der Waals surface area contributed by atoms with E-state index >= 15 is 0 Å². The molecule has 9 rings (SSSR count). The van der Waals surface area contributed by atoms with Gasteiger partial charge in [-0.05, 0) is 45.7 Å². The minimum atomic E-state index is -2.66. The van der Waals surface area contributed by atoms with Crippen LogP contribution in [0.2, 0.25) is 0 Å². The van der Waals surface area contributed by atoms with Crippen LogP contribution >= 0.6 is 0 Å². The van der Waals surface area contributed by atoms with Crippen LogP contribution in [0.1, 0.15) is 17.7 Å². The molecule has 0 fully saturated rings. The lowest BCUT2D eigenvalue weighted by Gasteiger charge is -2.34. The van der Waals surface area contributed by atoms with Gasteiger partial charge in [-0.3, -0.25) is 0 Å². The molecule has 2 aromatic heterocycles. The fraction of sp³-hybridized carbons (Fsp3) is 0.0444. The molecule has 0 radical (unpaired) electrons. The zero-order valence-electron chi connectivity index (χ0n) is 27.4. The molecule has 0 unspecified atom stereocenters. The van der Waals surface area contributed by atoms with Crippen LogP contribution in [0.3, 0.4) is 0 Å². The Hall–Kier alpha value is -6.17. The Labute approximate surface area is 292 Å². The SMILES string of the molecule is C1=Cc2oc3cccc(-c4nc(-c5ccccc5)nc(-c5ccc([Si](c6ccccc6)(c6ccccc6)c6ccccc6)cc5)n4)c3c2CC1. The molecule has 0 saturated heterocycles. The Morgan fingerprint density at radius 3 is 1.54 bits per heavy atom. The van der Waals surface area contributed by atoms with Crippen molar-refractivity contribution >= 4 is 45.9 Å². The van der Waals surface area contributed by atoms with Crippen molar-refractivity contribution in [2.24, 2.45) is 0 Å². The van der Waals surface area contributed by atoms with Crippen LogP contribution in [0.25, 0.3) is 51.2 Å². The number of benzene rings is 6. The second-order valence-corrected chi connectivity index (χ2v) is 16.5. The number of hydrogen-bond acceptors (Lipinski definition) is 4. The highest BCUT2D eigenvalue weighted by molar-refractivity contribution is 7.19. The molecule has 0 saturated carbocycles. The fourth-order valence-corrected chi connectivity index (χ4v) is 12.2. The summed E-state index contributed by atoms with van der Waals surface area (Å²) in [5, 5.41) is 6.40. The van der Waals surface area contributed by atoms with E-state index in [1.54, 1.807) is 0 Å². The van der Waals surface area contributed by atoms with Gasteiger partial charge in [0.15, 0.2) is 25.5 Å². The Bertz CT molecular complexity index is 2360. The van der Waals surface area contributed by atoms with Crippen LogP contribution in [0.4, 0.5) is 0 Å². The first-order valence-electron chi connectivity index (χ1n) is 17.1. The highest BCUT2D eigenvalue weighted by Crippen LogP contribution is 2.37. The number of rotatable bonds is 7. The number of hydrogen-bond donors (Lipinski definition) is 0. The summed E-state index contributed by atoms with van der Waals surface area (Å²) in [6, 6.07) is 58.2. The molecule has 0 spiro atoms. The highest BCUT2D eigenvalue weighted by atomic mass is 28.3. The second kappa shape index (κ2) is 12.7. The molecular weight excluding hydrogens is 627 g/mol. The van der Waals surface area contributed by atoms with Gasteiger partial charge in [0.2, 0.25) is 0 Å². The molecule has 6 aromatic carbocycles. The lowest BCUT2D eigenvalue weighted by molar-refractivity contribution is 0.595. The summed E-state index contributed by atoms with van der Waals surface area (Å²) in [5.74, 6) is 2.85. The molecular formula is C45H33N3OSi. The van der Waals surface area contributed by atoms with E-state index in [4.69, 9.17) is 19.4 Å². The molecule has 0 aliphatic heterocycles. The van der Waals surface area contributed by atoms with Gasteiger partial charge in [-0.1, -0.05) is 164 Å². The quantitative estimate of drug-likeness (QED) is 0.129. The molecule has 0 N–H and O–H groups in total. The summed E-state index contributed by atoms with van der Waals surface area (Å²) >= 11 is 0.